The van der Waals surface area contributed by atoms with E-state index in [-0.39, 0.29) is 0 Å². The minimum absolute atomic E-state index is 1.11. The lowest BCUT2D eigenvalue weighted by Gasteiger charge is -2.11. The minimum atomic E-state index is 1.11. The predicted molar refractivity (Wildman–Crippen MR) is 103 cm³/mol. The first kappa shape index (κ1) is 15.3. The van der Waals surface area contributed by atoms with E-state index in [1.54, 1.807) is 12.4 Å². The summed E-state index contributed by atoms with van der Waals surface area (Å²) in [6, 6.07) is 23.4. The summed E-state index contributed by atoms with van der Waals surface area (Å²) in [4.78, 5) is 8.54. The Morgan fingerprint density at radius 3 is 1.52 bits per heavy atom. The normalized spacial score (nSPS) is 10.6. The third kappa shape index (κ3) is 3.33. The Hall–Kier alpha value is -3.26. The van der Waals surface area contributed by atoms with E-state index in [4.69, 9.17) is 0 Å². The fourth-order valence-electron chi connectivity index (χ4n) is 3.02. The molecule has 0 saturated heterocycles. The van der Waals surface area contributed by atoms with Gasteiger partial charge in [0.05, 0.1) is 0 Å². The van der Waals surface area contributed by atoms with Crippen molar-refractivity contribution in [2.75, 3.05) is 0 Å². The van der Waals surface area contributed by atoms with Crippen LogP contribution in [-0.4, -0.2) is 9.97 Å². The highest BCUT2D eigenvalue weighted by Crippen LogP contribution is 2.32. The quantitative estimate of drug-likeness (QED) is 0.477. The van der Waals surface area contributed by atoms with E-state index < -0.39 is 0 Å². The summed E-state index contributed by atoms with van der Waals surface area (Å²) in [6.45, 7) is 2.12. The zero-order valence-corrected chi connectivity index (χ0v) is 14.1. The molecular weight excluding hydrogens is 304 g/mol. The Bertz CT molecular complexity index is 935. The third-order valence-corrected chi connectivity index (χ3v) is 4.27. The summed E-state index contributed by atoms with van der Waals surface area (Å²) in [5, 5.41) is 0. The molecule has 4 aromatic rings. The van der Waals surface area contributed by atoms with Crippen LogP contribution >= 0.6 is 0 Å². The molecule has 2 nitrogen and oxygen atoms in total. The molecule has 0 fully saturated rings. The molecule has 0 N–H and O–H groups in total. The second-order valence-electron chi connectivity index (χ2n) is 6.15. The fourth-order valence-corrected chi connectivity index (χ4v) is 3.02. The summed E-state index contributed by atoms with van der Waals surface area (Å²) < 4.78 is 0. The third-order valence-electron chi connectivity index (χ3n) is 4.27. The topological polar surface area (TPSA) is 25.8 Å². The Balaban J connectivity index is 1.92. The number of pyridine rings is 2. The van der Waals surface area contributed by atoms with Crippen molar-refractivity contribution in [2.45, 2.75) is 6.92 Å². The van der Waals surface area contributed by atoms with Crippen molar-refractivity contribution in [3.63, 3.8) is 0 Å². The molecule has 0 atom stereocenters. The molecule has 2 heterocycles. The standard InChI is InChI=1S/C23H18N2/c1-17-5-2-6-18(11-17)21-12-22(19-7-3-9-24-15-19)14-23(13-21)20-8-4-10-25-16-20/h2-16H,1H3. The van der Waals surface area contributed by atoms with Crippen LogP contribution in [0.5, 0.6) is 0 Å². The molecular formula is C23H18N2. The van der Waals surface area contributed by atoms with E-state index in [9.17, 15) is 0 Å². The first-order chi connectivity index (χ1) is 12.3. The van der Waals surface area contributed by atoms with Crippen LogP contribution in [-0.2, 0) is 0 Å². The van der Waals surface area contributed by atoms with Crippen molar-refractivity contribution in [1.29, 1.82) is 0 Å². The monoisotopic (exact) mass is 322 g/mol. The molecule has 2 heteroatoms. The number of nitrogens with zero attached hydrogens (tertiary/aromatic N) is 2. The smallest absolute Gasteiger partial charge is 0.0346 e. The fraction of sp³-hybridized carbons (Fsp3) is 0.0435. The highest BCUT2D eigenvalue weighted by atomic mass is 14.6. The van der Waals surface area contributed by atoms with Gasteiger partial charge < -0.3 is 0 Å². The van der Waals surface area contributed by atoms with Crippen LogP contribution in [0.1, 0.15) is 5.56 Å². The van der Waals surface area contributed by atoms with Gasteiger partial charge >= 0.3 is 0 Å². The lowest BCUT2D eigenvalue weighted by Crippen LogP contribution is -1.87. The molecule has 4 rings (SSSR count). The zero-order valence-electron chi connectivity index (χ0n) is 14.1. The molecule has 0 unspecified atom stereocenters. The predicted octanol–water partition coefficient (Wildman–Crippen LogP) is 5.79. The number of aryl methyl sites for hydroxylation is 1. The van der Waals surface area contributed by atoms with E-state index in [1.807, 2.05) is 24.5 Å². The van der Waals surface area contributed by atoms with Gasteiger partial charge in [-0.15, -0.1) is 0 Å². The lowest BCUT2D eigenvalue weighted by atomic mass is 9.94. The maximum absolute atomic E-state index is 4.27. The molecule has 0 aliphatic rings. The van der Waals surface area contributed by atoms with Crippen molar-refractivity contribution in [3.05, 3.63) is 97.1 Å². The average Bonchev–Trinajstić information content (AvgIpc) is 2.69. The van der Waals surface area contributed by atoms with Crippen molar-refractivity contribution >= 4 is 0 Å². The van der Waals surface area contributed by atoms with Crippen molar-refractivity contribution in [3.8, 4) is 33.4 Å². The Morgan fingerprint density at radius 1 is 0.520 bits per heavy atom. The summed E-state index contributed by atoms with van der Waals surface area (Å²) in [5.41, 5.74) is 8.22. The second kappa shape index (κ2) is 6.70. The van der Waals surface area contributed by atoms with Gasteiger partial charge in [-0.1, -0.05) is 42.0 Å². The molecule has 0 aliphatic carbocycles. The van der Waals surface area contributed by atoms with Gasteiger partial charge in [0, 0.05) is 35.9 Å². The van der Waals surface area contributed by atoms with Gasteiger partial charge in [-0.3, -0.25) is 9.97 Å². The minimum Gasteiger partial charge on any atom is -0.264 e. The van der Waals surface area contributed by atoms with Crippen LogP contribution in [0.4, 0.5) is 0 Å². The average molecular weight is 322 g/mol. The van der Waals surface area contributed by atoms with E-state index in [2.05, 4.69) is 71.5 Å². The summed E-state index contributed by atoms with van der Waals surface area (Å²) >= 11 is 0. The molecule has 0 aliphatic heterocycles. The van der Waals surface area contributed by atoms with Gasteiger partial charge in [0.2, 0.25) is 0 Å². The van der Waals surface area contributed by atoms with Crippen molar-refractivity contribution < 1.29 is 0 Å². The molecule has 0 radical (unpaired) electrons. The van der Waals surface area contributed by atoms with E-state index in [1.165, 1.54) is 16.7 Å². The maximum Gasteiger partial charge on any atom is 0.0346 e. The number of benzene rings is 2. The van der Waals surface area contributed by atoms with Gasteiger partial charge in [-0.2, -0.15) is 0 Å². The van der Waals surface area contributed by atoms with Crippen LogP contribution < -0.4 is 0 Å². The number of aromatic nitrogens is 2. The lowest BCUT2D eigenvalue weighted by molar-refractivity contribution is 1.32. The Labute approximate surface area is 147 Å². The van der Waals surface area contributed by atoms with Gasteiger partial charge in [0.15, 0.2) is 0 Å². The van der Waals surface area contributed by atoms with Gasteiger partial charge in [-0.25, -0.2) is 0 Å². The highest BCUT2D eigenvalue weighted by molar-refractivity contribution is 5.80. The van der Waals surface area contributed by atoms with Crippen LogP contribution in [0, 0.1) is 6.92 Å². The van der Waals surface area contributed by atoms with Crippen LogP contribution in [0.2, 0.25) is 0 Å². The van der Waals surface area contributed by atoms with E-state index >= 15 is 0 Å². The molecule has 25 heavy (non-hydrogen) atoms. The molecule has 0 amide bonds. The Morgan fingerprint density at radius 2 is 1.04 bits per heavy atom. The SMILES string of the molecule is Cc1cccc(-c2cc(-c3cccnc3)cc(-c3cccnc3)c2)c1. The summed E-state index contributed by atoms with van der Waals surface area (Å²) in [6.07, 6.45) is 7.41. The number of rotatable bonds is 3. The number of hydrogen-bond acceptors (Lipinski definition) is 2. The molecule has 2 aromatic heterocycles. The van der Waals surface area contributed by atoms with Crippen LogP contribution in [0.25, 0.3) is 33.4 Å². The highest BCUT2D eigenvalue weighted by Gasteiger charge is 2.07. The zero-order chi connectivity index (χ0) is 17.1. The van der Waals surface area contributed by atoms with E-state index in [0.29, 0.717) is 0 Å². The van der Waals surface area contributed by atoms with Crippen molar-refractivity contribution in [2.24, 2.45) is 0 Å². The van der Waals surface area contributed by atoms with Gasteiger partial charge in [0.25, 0.3) is 0 Å². The van der Waals surface area contributed by atoms with Crippen LogP contribution in [0.15, 0.2) is 91.5 Å². The Kier molecular flexibility index (Phi) is 4.09. The molecule has 0 saturated carbocycles. The largest absolute Gasteiger partial charge is 0.264 e. The first-order valence-corrected chi connectivity index (χ1v) is 8.32. The van der Waals surface area contributed by atoms with Gasteiger partial charge in [0.1, 0.15) is 0 Å². The van der Waals surface area contributed by atoms with Gasteiger partial charge in [-0.05, 0) is 59.5 Å². The van der Waals surface area contributed by atoms with Crippen LogP contribution in [0.3, 0.4) is 0 Å². The first-order valence-electron chi connectivity index (χ1n) is 8.32. The molecule has 0 bridgehead atoms. The summed E-state index contributed by atoms with van der Waals surface area (Å²) in [7, 11) is 0. The molecule has 120 valence electrons. The molecule has 2 aromatic carbocycles. The second-order valence-corrected chi connectivity index (χ2v) is 6.15. The maximum atomic E-state index is 4.27. The number of hydrogen-bond donors (Lipinski definition) is 0. The summed E-state index contributed by atoms with van der Waals surface area (Å²) in [5.74, 6) is 0. The van der Waals surface area contributed by atoms with E-state index in [0.717, 1.165) is 22.3 Å². The van der Waals surface area contributed by atoms with Crippen molar-refractivity contribution in [1.82, 2.24) is 9.97 Å². The molecule has 0 spiro atoms.